The quantitative estimate of drug-likeness (QED) is 0.517. The van der Waals surface area contributed by atoms with Crippen LogP contribution in [0.4, 0.5) is 5.69 Å². The van der Waals surface area contributed by atoms with Crippen LogP contribution in [-0.4, -0.2) is 30.3 Å². The third-order valence-corrected chi connectivity index (χ3v) is 6.20. The Labute approximate surface area is 168 Å². The lowest BCUT2D eigenvalue weighted by molar-refractivity contribution is -0.119. The average Bonchev–Trinajstić information content (AvgIpc) is 2.91. The highest BCUT2D eigenvalue weighted by atomic mass is 79.9. The molecule has 11 heteroatoms. The summed E-state index contributed by atoms with van der Waals surface area (Å²) in [5, 5.41) is 2.41. The highest BCUT2D eigenvalue weighted by Crippen LogP contribution is 2.32. The van der Waals surface area contributed by atoms with Crippen molar-refractivity contribution in [3.05, 3.63) is 48.5 Å². The van der Waals surface area contributed by atoms with Gasteiger partial charge in [-0.2, -0.15) is 0 Å². The molecule has 136 valence electrons. The molecule has 0 radical (unpaired) electrons. The van der Waals surface area contributed by atoms with Crippen LogP contribution in [0, 0.1) is 0 Å². The van der Waals surface area contributed by atoms with Gasteiger partial charge in [-0.05, 0) is 56.1 Å². The highest BCUT2D eigenvalue weighted by Gasteiger charge is 2.16. The van der Waals surface area contributed by atoms with Crippen molar-refractivity contribution in [2.24, 2.45) is 11.5 Å². The van der Waals surface area contributed by atoms with Gasteiger partial charge in [-0.3, -0.25) is 14.4 Å². The molecule has 0 bridgehead atoms. The Morgan fingerprint density at radius 2 is 1.58 bits per heavy atom. The Morgan fingerprint density at radius 3 is 2.04 bits per heavy atom. The molecule has 0 atom stereocenters. The lowest BCUT2D eigenvalue weighted by atomic mass is 10.1. The van der Waals surface area contributed by atoms with E-state index in [1.807, 2.05) is 0 Å². The molecular formula is C15H11Br2N3O5S. The molecule has 1 heterocycles. The molecule has 1 aromatic carbocycles. The number of thiophene rings is 1. The SMILES string of the molecule is NC(=O)c1cc(NC(=O)COC(=O)c2cc(Br)c(Br)s2)cc(C(N)=O)c1. The normalized spacial score (nSPS) is 10.2. The van der Waals surface area contributed by atoms with Gasteiger partial charge < -0.3 is 21.5 Å². The van der Waals surface area contributed by atoms with Gasteiger partial charge in [0.05, 0.1) is 3.79 Å². The van der Waals surface area contributed by atoms with E-state index in [-0.39, 0.29) is 16.8 Å². The summed E-state index contributed by atoms with van der Waals surface area (Å²) in [6.45, 7) is -0.557. The van der Waals surface area contributed by atoms with Crippen LogP contribution in [0.2, 0.25) is 0 Å². The maximum atomic E-state index is 11.9. The molecule has 3 amide bonds. The van der Waals surface area contributed by atoms with Crippen molar-refractivity contribution in [3.63, 3.8) is 0 Å². The number of esters is 1. The van der Waals surface area contributed by atoms with Crippen LogP contribution in [0.5, 0.6) is 0 Å². The predicted molar refractivity (Wildman–Crippen MR) is 102 cm³/mol. The topological polar surface area (TPSA) is 142 Å². The zero-order valence-corrected chi connectivity index (χ0v) is 16.9. The van der Waals surface area contributed by atoms with Crippen molar-refractivity contribution in [3.8, 4) is 0 Å². The fraction of sp³-hybridized carbons (Fsp3) is 0.0667. The van der Waals surface area contributed by atoms with Gasteiger partial charge in [0.1, 0.15) is 4.88 Å². The Bertz CT molecular complexity index is 861. The summed E-state index contributed by atoms with van der Waals surface area (Å²) >= 11 is 7.65. The molecule has 0 unspecified atom stereocenters. The molecule has 8 nitrogen and oxygen atoms in total. The molecule has 0 saturated heterocycles. The number of ether oxygens (including phenoxy) is 1. The number of amides is 3. The van der Waals surface area contributed by atoms with Crippen LogP contribution < -0.4 is 16.8 Å². The zero-order valence-electron chi connectivity index (χ0n) is 12.9. The lowest BCUT2D eigenvalue weighted by Crippen LogP contribution is -2.22. The number of benzene rings is 1. The molecule has 26 heavy (non-hydrogen) atoms. The van der Waals surface area contributed by atoms with E-state index in [2.05, 4.69) is 37.2 Å². The van der Waals surface area contributed by atoms with Crippen molar-refractivity contribution in [1.82, 2.24) is 0 Å². The molecule has 0 aliphatic heterocycles. The van der Waals surface area contributed by atoms with Crippen molar-refractivity contribution in [2.45, 2.75) is 0 Å². The van der Waals surface area contributed by atoms with Gasteiger partial charge in [0, 0.05) is 21.3 Å². The fourth-order valence-corrected chi connectivity index (χ4v) is 3.76. The minimum atomic E-state index is -0.788. The smallest absolute Gasteiger partial charge is 0.348 e. The Morgan fingerprint density at radius 1 is 1.00 bits per heavy atom. The van der Waals surface area contributed by atoms with Crippen LogP contribution >= 0.6 is 43.2 Å². The first-order valence-corrected chi connectivity index (χ1v) is 9.24. The number of nitrogens with one attached hydrogen (secondary N) is 1. The van der Waals surface area contributed by atoms with Gasteiger partial charge in [0.25, 0.3) is 5.91 Å². The molecule has 0 fully saturated rings. The summed E-state index contributed by atoms with van der Waals surface area (Å²) in [5.74, 6) is -2.90. The number of carbonyl (C=O) groups excluding carboxylic acids is 4. The van der Waals surface area contributed by atoms with E-state index < -0.39 is 30.3 Å². The molecule has 0 saturated carbocycles. The van der Waals surface area contributed by atoms with Crippen molar-refractivity contribution < 1.29 is 23.9 Å². The first-order chi connectivity index (χ1) is 12.2. The minimum Gasteiger partial charge on any atom is -0.451 e. The van der Waals surface area contributed by atoms with E-state index in [0.717, 1.165) is 15.1 Å². The molecule has 0 aliphatic carbocycles. The van der Waals surface area contributed by atoms with Crippen molar-refractivity contribution >= 4 is 72.6 Å². The number of halogens is 2. The van der Waals surface area contributed by atoms with E-state index in [1.165, 1.54) is 18.2 Å². The summed E-state index contributed by atoms with van der Waals surface area (Å²) in [5.41, 5.74) is 10.5. The van der Waals surface area contributed by atoms with Crippen LogP contribution in [-0.2, 0) is 9.53 Å². The molecule has 1 aromatic heterocycles. The largest absolute Gasteiger partial charge is 0.451 e. The molecule has 0 aliphatic rings. The maximum Gasteiger partial charge on any atom is 0.348 e. The molecule has 2 rings (SSSR count). The van der Waals surface area contributed by atoms with E-state index in [9.17, 15) is 19.2 Å². The first-order valence-electron chi connectivity index (χ1n) is 6.84. The van der Waals surface area contributed by atoms with Gasteiger partial charge in [-0.25, -0.2) is 4.79 Å². The fourth-order valence-electron chi connectivity index (χ4n) is 1.83. The van der Waals surface area contributed by atoms with Gasteiger partial charge >= 0.3 is 5.97 Å². The number of carbonyl (C=O) groups is 4. The monoisotopic (exact) mass is 503 g/mol. The number of primary amides is 2. The van der Waals surface area contributed by atoms with Crippen molar-refractivity contribution in [2.75, 3.05) is 11.9 Å². The van der Waals surface area contributed by atoms with Crippen LogP contribution in [0.1, 0.15) is 30.4 Å². The standard InChI is InChI=1S/C15H11Br2N3O5S/c16-9-4-10(26-12(9)17)15(24)25-5-11(21)20-8-2-6(13(18)22)1-7(3-8)14(19)23/h1-4H,5H2,(H2,18,22)(H2,19,23)(H,20,21). The summed E-state index contributed by atoms with van der Waals surface area (Å²) in [6, 6.07) is 5.33. The second-order valence-electron chi connectivity index (χ2n) is 4.88. The van der Waals surface area contributed by atoms with E-state index in [4.69, 9.17) is 16.2 Å². The lowest BCUT2D eigenvalue weighted by Gasteiger charge is -2.08. The van der Waals surface area contributed by atoms with E-state index in [0.29, 0.717) is 9.35 Å². The third kappa shape index (κ3) is 5.13. The molecule has 0 spiro atoms. The number of anilines is 1. The predicted octanol–water partition coefficient (Wildman–Crippen LogP) is 2.27. The molecule has 2 aromatic rings. The number of rotatable bonds is 6. The highest BCUT2D eigenvalue weighted by molar-refractivity contribution is 9.13. The van der Waals surface area contributed by atoms with Crippen LogP contribution in [0.15, 0.2) is 32.5 Å². The molecule has 5 N–H and O–H groups in total. The van der Waals surface area contributed by atoms with E-state index >= 15 is 0 Å². The second kappa shape index (κ2) is 8.43. The number of hydrogen-bond donors (Lipinski definition) is 3. The van der Waals surface area contributed by atoms with Crippen molar-refractivity contribution in [1.29, 1.82) is 0 Å². The van der Waals surface area contributed by atoms with Crippen LogP contribution in [0.25, 0.3) is 0 Å². The van der Waals surface area contributed by atoms with Gasteiger partial charge in [0.2, 0.25) is 11.8 Å². The summed E-state index contributed by atoms with van der Waals surface area (Å²) in [7, 11) is 0. The summed E-state index contributed by atoms with van der Waals surface area (Å²) in [4.78, 5) is 46.7. The van der Waals surface area contributed by atoms with Gasteiger partial charge in [-0.15, -0.1) is 11.3 Å². The Kier molecular flexibility index (Phi) is 6.51. The Balaban J connectivity index is 2.04. The maximum absolute atomic E-state index is 11.9. The minimum absolute atomic E-state index is 0.00174. The Hall–Kier alpha value is -2.24. The first kappa shape index (κ1) is 20.1. The van der Waals surface area contributed by atoms with Gasteiger partial charge in [0.15, 0.2) is 6.61 Å². The number of hydrogen-bond acceptors (Lipinski definition) is 6. The number of nitrogens with two attached hydrogens (primary N) is 2. The summed E-state index contributed by atoms with van der Waals surface area (Å²) < 4.78 is 6.33. The summed E-state index contributed by atoms with van der Waals surface area (Å²) in [6.07, 6.45) is 0. The van der Waals surface area contributed by atoms with E-state index in [1.54, 1.807) is 6.07 Å². The third-order valence-electron chi connectivity index (χ3n) is 2.97. The second-order valence-corrected chi connectivity index (χ2v) is 8.11. The van der Waals surface area contributed by atoms with Gasteiger partial charge in [-0.1, -0.05) is 0 Å². The molecular weight excluding hydrogens is 494 g/mol. The van der Waals surface area contributed by atoms with Crippen LogP contribution in [0.3, 0.4) is 0 Å². The average molecular weight is 505 g/mol. The zero-order chi connectivity index (χ0) is 19.4.